The first-order chi connectivity index (χ1) is 10.1. The van der Waals surface area contributed by atoms with E-state index in [0.29, 0.717) is 36.2 Å². The van der Waals surface area contributed by atoms with Crippen LogP contribution in [0.3, 0.4) is 0 Å². The smallest absolute Gasteiger partial charge is 0.243 e. The summed E-state index contributed by atoms with van der Waals surface area (Å²) in [6.07, 6.45) is 3.83. The summed E-state index contributed by atoms with van der Waals surface area (Å²) in [6, 6.07) is 5.00. The van der Waals surface area contributed by atoms with E-state index < -0.39 is 10.0 Å². The van der Waals surface area contributed by atoms with E-state index in [1.165, 1.54) is 0 Å². The molecule has 1 fully saturated rings. The van der Waals surface area contributed by atoms with Crippen LogP contribution in [0.4, 0.5) is 0 Å². The number of sulfonamides is 1. The molecular formula is C15H21NO4S. The molecule has 2 aliphatic heterocycles. The largest absolute Gasteiger partial charge is 0.486 e. The van der Waals surface area contributed by atoms with Gasteiger partial charge in [0.15, 0.2) is 11.5 Å². The Labute approximate surface area is 125 Å². The summed E-state index contributed by atoms with van der Waals surface area (Å²) >= 11 is 0. The Bertz CT molecular complexity index is 614. The van der Waals surface area contributed by atoms with E-state index in [0.717, 1.165) is 25.7 Å². The first-order valence-electron chi connectivity index (χ1n) is 7.54. The standard InChI is InChI=1S/C15H21NO4S/c1-2-12-5-3-4-8-16(12)21(17,18)13-6-7-14-15(11-13)20-10-9-19-14/h6-7,11-12H,2-5,8-10H2,1H3. The molecule has 2 aliphatic rings. The summed E-state index contributed by atoms with van der Waals surface area (Å²) < 4.78 is 38.3. The Hall–Kier alpha value is -1.27. The van der Waals surface area contributed by atoms with Crippen LogP contribution in [0.15, 0.2) is 23.1 Å². The average molecular weight is 311 g/mol. The summed E-state index contributed by atoms with van der Waals surface area (Å²) in [6.45, 7) is 3.61. The zero-order chi connectivity index (χ0) is 14.9. The van der Waals surface area contributed by atoms with Gasteiger partial charge in [-0.1, -0.05) is 13.3 Å². The van der Waals surface area contributed by atoms with Crippen molar-refractivity contribution in [3.8, 4) is 11.5 Å². The number of ether oxygens (including phenoxy) is 2. The molecule has 3 rings (SSSR count). The van der Waals surface area contributed by atoms with E-state index in [1.807, 2.05) is 6.92 Å². The summed E-state index contributed by atoms with van der Waals surface area (Å²) in [5.41, 5.74) is 0. The van der Waals surface area contributed by atoms with E-state index in [-0.39, 0.29) is 6.04 Å². The van der Waals surface area contributed by atoms with Gasteiger partial charge in [0.2, 0.25) is 10.0 Å². The third-order valence-corrected chi connectivity index (χ3v) is 6.11. The topological polar surface area (TPSA) is 55.8 Å². The van der Waals surface area contributed by atoms with Gasteiger partial charge in [-0.15, -0.1) is 0 Å². The highest BCUT2D eigenvalue weighted by Crippen LogP contribution is 2.34. The molecule has 2 heterocycles. The monoisotopic (exact) mass is 311 g/mol. The predicted octanol–water partition coefficient (Wildman–Crippen LogP) is 2.41. The third kappa shape index (κ3) is 2.74. The summed E-state index contributed by atoms with van der Waals surface area (Å²) in [5.74, 6) is 1.14. The van der Waals surface area contributed by atoms with Crippen molar-refractivity contribution in [2.45, 2.75) is 43.5 Å². The lowest BCUT2D eigenvalue weighted by Crippen LogP contribution is -2.43. The van der Waals surface area contributed by atoms with Gasteiger partial charge in [0, 0.05) is 18.7 Å². The number of rotatable bonds is 3. The van der Waals surface area contributed by atoms with E-state index in [9.17, 15) is 8.42 Å². The van der Waals surface area contributed by atoms with Gasteiger partial charge in [-0.3, -0.25) is 0 Å². The molecule has 0 spiro atoms. The third-order valence-electron chi connectivity index (χ3n) is 4.16. The van der Waals surface area contributed by atoms with Crippen molar-refractivity contribution in [1.29, 1.82) is 0 Å². The summed E-state index contributed by atoms with van der Waals surface area (Å²) in [5, 5.41) is 0. The van der Waals surface area contributed by atoms with Crippen LogP contribution in [0.1, 0.15) is 32.6 Å². The molecule has 116 valence electrons. The van der Waals surface area contributed by atoms with Gasteiger partial charge in [-0.05, 0) is 31.4 Å². The fourth-order valence-electron chi connectivity index (χ4n) is 3.02. The number of fused-ring (bicyclic) bond motifs is 1. The molecule has 0 N–H and O–H groups in total. The first-order valence-corrected chi connectivity index (χ1v) is 8.98. The Morgan fingerprint density at radius 3 is 2.71 bits per heavy atom. The predicted molar refractivity (Wildman–Crippen MR) is 79.3 cm³/mol. The maximum atomic E-state index is 12.9. The van der Waals surface area contributed by atoms with Crippen molar-refractivity contribution < 1.29 is 17.9 Å². The van der Waals surface area contributed by atoms with E-state index >= 15 is 0 Å². The molecule has 1 saturated heterocycles. The van der Waals surface area contributed by atoms with Crippen molar-refractivity contribution in [1.82, 2.24) is 4.31 Å². The van der Waals surface area contributed by atoms with E-state index in [4.69, 9.17) is 9.47 Å². The fourth-order valence-corrected chi connectivity index (χ4v) is 4.80. The van der Waals surface area contributed by atoms with E-state index in [1.54, 1.807) is 22.5 Å². The Morgan fingerprint density at radius 2 is 1.95 bits per heavy atom. The lowest BCUT2D eigenvalue weighted by molar-refractivity contribution is 0.171. The molecule has 0 aliphatic carbocycles. The second-order valence-corrected chi connectivity index (χ2v) is 7.37. The van der Waals surface area contributed by atoms with Crippen molar-refractivity contribution in [2.75, 3.05) is 19.8 Å². The highest BCUT2D eigenvalue weighted by Gasteiger charge is 2.33. The quantitative estimate of drug-likeness (QED) is 0.860. The van der Waals surface area contributed by atoms with Crippen LogP contribution in [0.2, 0.25) is 0 Å². The molecular weight excluding hydrogens is 290 g/mol. The molecule has 1 atom stereocenters. The van der Waals surface area contributed by atoms with Crippen LogP contribution < -0.4 is 9.47 Å². The maximum Gasteiger partial charge on any atom is 0.243 e. The van der Waals surface area contributed by atoms with E-state index in [2.05, 4.69) is 0 Å². The zero-order valence-corrected chi connectivity index (χ0v) is 13.1. The number of benzene rings is 1. The number of hydrogen-bond acceptors (Lipinski definition) is 4. The molecule has 0 aromatic heterocycles. The van der Waals surface area contributed by atoms with Crippen LogP contribution in [0.5, 0.6) is 11.5 Å². The van der Waals surface area contributed by atoms with Gasteiger partial charge >= 0.3 is 0 Å². The number of piperidine rings is 1. The van der Waals surface area contributed by atoms with Crippen LogP contribution in [0.25, 0.3) is 0 Å². The van der Waals surface area contributed by atoms with Crippen LogP contribution >= 0.6 is 0 Å². The minimum atomic E-state index is -3.46. The lowest BCUT2D eigenvalue weighted by Gasteiger charge is -2.34. The molecule has 0 radical (unpaired) electrons. The molecule has 6 heteroatoms. The summed E-state index contributed by atoms with van der Waals surface area (Å²) in [4.78, 5) is 0.298. The van der Waals surface area contributed by atoms with Crippen LogP contribution in [0, 0.1) is 0 Å². The molecule has 1 unspecified atom stereocenters. The second-order valence-electron chi connectivity index (χ2n) is 5.48. The number of nitrogens with zero attached hydrogens (tertiary/aromatic N) is 1. The minimum absolute atomic E-state index is 0.108. The molecule has 0 amide bonds. The SMILES string of the molecule is CCC1CCCCN1S(=O)(=O)c1ccc2c(c1)OCCO2. The fraction of sp³-hybridized carbons (Fsp3) is 0.600. The van der Waals surface area contributed by atoms with Gasteiger partial charge < -0.3 is 9.47 Å². The van der Waals surface area contributed by atoms with Gasteiger partial charge in [-0.25, -0.2) is 8.42 Å². The van der Waals surface area contributed by atoms with Crippen molar-refractivity contribution in [3.05, 3.63) is 18.2 Å². The molecule has 5 nitrogen and oxygen atoms in total. The lowest BCUT2D eigenvalue weighted by atomic mass is 10.0. The van der Waals surface area contributed by atoms with Gasteiger partial charge in [0.1, 0.15) is 13.2 Å². The normalized spacial score (nSPS) is 23.0. The van der Waals surface area contributed by atoms with Gasteiger partial charge in [0.05, 0.1) is 4.90 Å². The second kappa shape index (κ2) is 5.85. The van der Waals surface area contributed by atoms with Crippen LogP contribution in [-0.4, -0.2) is 38.5 Å². The highest BCUT2D eigenvalue weighted by molar-refractivity contribution is 7.89. The maximum absolute atomic E-state index is 12.9. The first kappa shape index (κ1) is 14.7. The minimum Gasteiger partial charge on any atom is -0.486 e. The Balaban J connectivity index is 1.94. The summed E-state index contributed by atoms with van der Waals surface area (Å²) in [7, 11) is -3.46. The molecule has 21 heavy (non-hydrogen) atoms. The number of hydrogen-bond donors (Lipinski definition) is 0. The average Bonchev–Trinajstić information content (AvgIpc) is 2.54. The van der Waals surface area contributed by atoms with Gasteiger partial charge in [0.25, 0.3) is 0 Å². The Morgan fingerprint density at radius 1 is 1.19 bits per heavy atom. The van der Waals surface area contributed by atoms with Gasteiger partial charge in [-0.2, -0.15) is 4.31 Å². The molecule has 1 aromatic rings. The Kier molecular flexibility index (Phi) is 4.08. The highest BCUT2D eigenvalue weighted by atomic mass is 32.2. The molecule has 0 bridgehead atoms. The van der Waals surface area contributed by atoms with Crippen molar-refractivity contribution in [3.63, 3.8) is 0 Å². The van der Waals surface area contributed by atoms with Crippen molar-refractivity contribution in [2.24, 2.45) is 0 Å². The molecule has 0 saturated carbocycles. The van der Waals surface area contributed by atoms with Crippen molar-refractivity contribution >= 4 is 10.0 Å². The molecule has 1 aromatic carbocycles. The zero-order valence-electron chi connectivity index (χ0n) is 12.2. The van der Waals surface area contributed by atoms with Crippen LogP contribution in [-0.2, 0) is 10.0 Å².